The molecule has 1 saturated carbocycles. The van der Waals surface area contributed by atoms with Crippen LogP contribution in [-0.4, -0.2) is 31.2 Å². The highest BCUT2D eigenvalue weighted by Crippen LogP contribution is 2.34. The average molecular weight is 238 g/mol. The van der Waals surface area contributed by atoms with Crippen molar-refractivity contribution in [1.29, 1.82) is 0 Å². The Labute approximate surface area is 92.8 Å². The summed E-state index contributed by atoms with van der Waals surface area (Å²) in [6.07, 6.45) is -1.09. The molecule has 2 atom stereocenters. The predicted octanol–water partition coefficient (Wildman–Crippen LogP) is 1.44. The molecular weight excluding hydrogens is 221 g/mol. The van der Waals surface area contributed by atoms with Crippen LogP contribution in [-0.2, 0) is 4.79 Å². The maximum Gasteiger partial charge on any atom is 0.405 e. The van der Waals surface area contributed by atoms with Crippen molar-refractivity contribution in [2.45, 2.75) is 38.4 Å². The second kappa shape index (κ2) is 5.52. The van der Waals surface area contributed by atoms with Crippen LogP contribution in [0.1, 0.15) is 26.2 Å². The summed E-state index contributed by atoms with van der Waals surface area (Å²) in [6.45, 7) is 0.808. The fraction of sp³-hybridized carbons (Fsp3) is 0.900. The molecule has 1 aliphatic carbocycles. The Morgan fingerprint density at radius 2 is 2.12 bits per heavy atom. The van der Waals surface area contributed by atoms with Gasteiger partial charge < -0.3 is 10.6 Å². The molecule has 0 radical (unpaired) electrons. The van der Waals surface area contributed by atoms with E-state index in [1.165, 1.54) is 0 Å². The monoisotopic (exact) mass is 238 g/mol. The van der Waals surface area contributed by atoms with Crippen LogP contribution in [0.5, 0.6) is 0 Å². The van der Waals surface area contributed by atoms with E-state index in [1.54, 1.807) is 0 Å². The van der Waals surface area contributed by atoms with E-state index in [1.807, 2.05) is 5.32 Å². The van der Waals surface area contributed by atoms with Crippen molar-refractivity contribution >= 4 is 5.91 Å². The van der Waals surface area contributed by atoms with Crippen LogP contribution in [0.2, 0.25) is 0 Å². The van der Waals surface area contributed by atoms with E-state index >= 15 is 0 Å². The van der Waals surface area contributed by atoms with Gasteiger partial charge in [-0.2, -0.15) is 13.2 Å². The zero-order valence-corrected chi connectivity index (χ0v) is 9.23. The number of carbonyl (C=O) groups is 1. The molecule has 0 aromatic heterocycles. The Bertz CT molecular complexity index is 243. The first kappa shape index (κ1) is 13.3. The molecular formula is C10H17F3N2O. The Kier molecular flexibility index (Phi) is 4.58. The SMILES string of the molecule is CCCC1CC1NCC(=O)NCC(F)(F)F. The van der Waals surface area contributed by atoms with Gasteiger partial charge in [0.15, 0.2) is 0 Å². The smallest absolute Gasteiger partial charge is 0.346 e. The molecule has 1 amide bonds. The van der Waals surface area contributed by atoms with Crippen molar-refractivity contribution in [3.8, 4) is 0 Å². The van der Waals surface area contributed by atoms with Crippen molar-refractivity contribution < 1.29 is 18.0 Å². The van der Waals surface area contributed by atoms with Gasteiger partial charge in [0.2, 0.25) is 5.91 Å². The number of carbonyl (C=O) groups excluding carboxylic acids is 1. The van der Waals surface area contributed by atoms with E-state index in [9.17, 15) is 18.0 Å². The lowest BCUT2D eigenvalue weighted by molar-refractivity contribution is -0.137. The summed E-state index contributed by atoms with van der Waals surface area (Å²) in [5.41, 5.74) is 0. The zero-order chi connectivity index (χ0) is 12.2. The van der Waals surface area contributed by atoms with Gasteiger partial charge in [0.1, 0.15) is 6.54 Å². The second-order valence-corrected chi connectivity index (χ2v) is 4.16. The van der Waals surface area contributed by atoms with E-state index in [4.69, 9.17) is 0 Å². The highest BCUT2D eigenvalue weighted by Gasteiger charge is 2.35. The number of amides is 1. The molecule has 1 fully saturated rings. The molecule has 1 rings (SSSR count). The maximum absolute atomic E-state index is 11.8. The maximum atomic E-state index is 11.8. The van der Waals surface area contributed by atoms with E-state index in [0.717, 1.165) is 19.3 Å². The van der Waals surface area contributed by atoms with Gasteiger partial charge in [0.25, 0.3) is 0 Å². The summed E-state index contributed by atoms with van der Waals surface area (Å²) in [5.74, 6) is -0.000102. The van der Waals surface area contributed by atoms with Crippen molar-refractivity contribution in [2.24, 2.45) is 5.92 Å². The van der Waals surface area contributed by atoms with Crippen molar-refractivity contribution in [3.05, 3.63) is 0 Å². The van der Waals surface area contributed by atoms with Crippen molar-refractivity contribution in [3.63, 3.8) is 0 Å². The summed E-state index contributed by atoms with van der Waals surface area (Å²) >= 11 is 0. The fourth-order valence-corrected chi connectivity index (χ4v) is 1.67. The largest absolute Gasteiger partial charge is 0.405 e. The molecule has 3 nitrogen and oxygen atoms in total. The molecule has 16 heavy (non-hydrogen) atoms. The normalized spacial score (nSPS) is 24.2. The van der Waals surface area contributed by atoms with Gasteiger partial charge in [-0.05, 0) is 18.8 Å². The Balaban J connectivity index is 2.04. The molecule has 0 spiro atoms. The third kappa shape index (κ3) is 5.34. The van der Waals surface area contributed by atoms with Crippen molar-refractivity contribution in [2.75, 3.05) is 13.1 Å². The standard InChI is InChI=1S/C10H17F3N2O/c1-2-3-7-4-8(7)14-5-9(16)15-6-10(11,12)13/h7-8,14H,2-6H2,1H3,(H,15,16). The molecule has 0 saturated heterocycles. The number of hydrogen-bond donors (Lipinski definition) is 2. The number of halogens is 3. The molecule has 94 valence electrons. The minimum Gasteiger partial charge on any atom is -0.346 e. The summed E-state index contributed by atoms with van der Waals surface area (Å²) in [5, 5.41) is 4.77. The van der Waals surface area contributed by atoms with Gasteiger partial charge in [-0.3, -0.25) is 4.79 Å². The quantitative estimate of drug-likeness (QED) is 0.735. The van der Waals surface area contributed by atoms with E-state index in [0.29, 0.717) is 12.0 Å². The summed E-state index contributed by atoms with van der Waals surface area (Å²) in [6, 6.07) is 0.316. The molecule has 6 heteroatoms. The average Bonchev–Trinajstić information content (AvgIpc) is 2.90. The first-order valence-electron chi connectivity index (χ1n) is 5.49. The minimum absolute atomic E-state index is 0.0268. The first-order valence-corrected chi connectivity index (χ1v) is 5.49. The van der Waals surface area contributed by atoms with Crippen LogP contribution >= 0.6 is 0 Å². The van der Waals surface area contributed by atoms with Crippen LogP contribution < -0.4 is 10.6 Å². The molecule has 0 aromatic carbocycles. The highest BCUT2D eigenvalue weighted by atomic mass is 19.4. The van der Waals surface area contributed by atoms with Gasteiger partial charge in [0.05, 0.1) is 6.54 Å². The van der Waals surface area contributed by atoms with Gasteiger partial charge in [-0.1, -0.05) is 13.3 Å². The molecule has 2 N–H and O–H groups in total. The summed E-state index contributed by atoms with van der Waals surface area (Å²) in [7, 11) is 0. The second-order valence-electron chi connectivity index (χ2n) is 4.16. The van der Waals surface area contributed by atoms with Crippen LogP contribution in [0.15, 0.2) is 0 Å². The van der Waals surface area contributed by atoms with Gasteiger partial charge in [-0.25, -0.2) is 0 Å². The van der Waals surface area contributed by atoms with E-state index in [2.05, 4.69) is 12.2 Å². The fourth-order valence-electron chi connectivity index (χ4n) is 1.67. The third-order valence-corrected chi connectivity index (χ3v) is 2.59. The number of hydrogen-bond acceptors (Lipinski definition) is 2. The molecule has 0 heterocycles. The van der Waals surface area contributed by atoms with Gasteiger partial charge in [0, 0.05) is 6.04 Å². The zero-order valence-electron chi connectivity index (χ0n) is 9.23. The van der Waals surface area contributed by atoms with Crippen molar-refractivity contribution in [1.82, 2.24) is 10.6 Å². The Morgan fingerprint density at radius 3 is 2.69 bits per heavy atom. The van der Waals surface area contributed by atoms with Crippen LogP contribution in [0.4, 0.5) is 13.2 Å². The third-order valence-electron chi connectivity index (χ3n) is 2.59. The molecule has 1 aliphatic rings. The molecule has 0 bridgehead atoms. The number of alkyl halides is 3. The van der Waals surface area contributed by atoms with Crippen LogP contribution in [0, 0.1) is 5.92 Å². The van der Waals surface area contributed by atoms with Crippen LogP contribution in [0.3, 0.4) is 0 Å². The first-order chi connectivity index (χ1) is 7.42. The predicted molar refractivity (Wildman–Crippen MR) is 53.9 cm³/mol. The Hall–Kier alpha value is -0.780. The highest BCUT2D eigenvalue weighted by molar-refractivity contribution is 5.78. The van der Waals surface area contributed by atoms with E-state index < -0.39 is 18.6 Å². The van der Waals surface area contributed by atoms with Gasteiger partial charge in [-0.15, -0.1) is 0 Å². The Morgan fingerprint density at radius 1 is 1.44 bits per heavy atom. The lowest BCUT2D eigenvalue weighted by Crippen LogP contribution is -2.40. The summed E-state index contributed by atoms with van der Waals surface area (Å²) < 4.78 is 35.3. The van der Waals surface area contributed by atoms with Crippen LogP contribution in [0.25, 0.3) is 0 Å². The molecule has 0 aliphatic heterocycles. The molecule has 2 unspecified atom stereocenters. The summed E-state index contributed by atoms with van der Waals surface area (Å²) in [4.78, 5) is 11.0. The van der Waals surface area contributed by atoms with E-state index in [-0.39, 0.29) is 6.54 Å². The number of rotatable bonds is 6. The minimum atomic E-state index is -4.33. The topological polar surface area (TPSA) is 41.1 Å². The number of nitrogens with one attached hydrogen (secondary N) is 2. The lowest BCUT2D eigenvalue weighted by Gasteiger charge is -2.08. The van der Waals surface area contributed by atoms with Gasteiger partial charge >= 0.3 is 6.18 Å². The lowest BCUT2D eigenvalue weighted by atomic mass is 10.2. The molecule has 0 aromatic rings.